The van der Waals surface area contributed by atoms with Crippen LogP contribution in [0.2, 0.25) is 0 Å². The number of rotatable bonds is 4. The minimum absolute atomic E-state index is 0.238. The van der Waals surface area contributed by atoms with Crippen LogP contribution >= 0.6 is 11.8 Å². The van der Waals surface area contributed by atoms with Crippen LogP contribution < -0.4 is 5.32 Å². The van der Waals surface area contributed by atoms with Gasteiger partial charge in [0.05, 0.1) is 4.90 Å². The topological polar surface area (TPSA) is 37.8 Å². The molecule has 0 aliphatic heterocycles. The van der Waals surface area contributed by atoms with Gasteiger partial charge in [0.15, 0.2) is 5.16 Å². The quantitative estimate of drug-likeness (QED) is 0.861. The van der Waals surface area contributed by atoms with Crippen molar-refractivity contribution >= 4 is 11.8 Å². The summed E-state index contributed by atoms with van der Waals surface area (Å²) in [5.41, 5.74) is 1.80. The van der Waals surface area contributed by atoms with Crippen molar-refractivity contribution in [3.05, 3.63) is 47.5 Å². The van der Waals surface area contributed by atoms with E-state index in [0.29, 0.717) is 16.6 Å². The Bertz CT molecular complexity index is 546. The van der Waals surface area contributed by atoms with Crippen molar-refractivity contribution in [1.29, 1.82) is 0 Å². The molecule has 1 aromatic heterocycles. The van der Waals surface area contributed by atoms with E-state index in [1.54, 1.807) is 12.3 Å². The summed E-state index contributed by atoms with van der Waals surface area (Å²) in [5, 5.41) is 3.55. The lowest BCUT2D eigenvalue weighted by atomic mass is 10.2. The second-order valence-corrected chi connectivity index (χ2v) is 4.89. The maximum atomic E-state index is 13.9. The Morgan fingerprint density at radius 3 is 2.83 bits per heavy atom. The predicted molar refractivity (Wildman–Crippen MR) is 70.1 cm³/mol. The van der Waals surface area contributed by atoms with Gasteiger partial charge < -0.3 is 5.32 Å². The lowest BCUT2D eigenvalue weighted by molar-refractivity contribution is 0.597. The molecule has 0 saturated carbocycles. The van der Waals surface area contributed by atoms with Crippen molar-refractivity contribution in [2.75, 3.05) is 7.05 Å². The van der Waals surface area contributed by atoms with Crippen molar-refractivity contribution in [3.8, 4) is 0 Å². The average Bonchev–Trinajstić information content (AvgIpc) is 2.33. The molecule has 0 spiro atoms. The van der Waals surface area contributed by atoms with Crippen LogP contribution in [0.25, 0.3) is 0 Å². The van der Waals surface area contributed by atoms with Gasteiger partial charge in [0, 0.05) is 18.4 Å². The third-order valence-electron chi connectivity index (χ3n) is 2.35. The largest absolute Gasteiger partial charge is 0.316 e. The highest BCUT2D eigenvalue weighted by atomic mass is 32.2. The molecule has 3 nitrogen and oxygen atoms in total. The van der Waals surface area contributed by atoms with Crippen molar-refractivity contribution in [2.45, 2.75) is 23.5 Å². The molecule has 0 atom stereocenters. The molecule has 1 heterocycles. The van der Waals surface area contributed by atoms with Crippen LogP contribution in [0.5, 0.6) is 0 Å². The minimum atomic E-state index is -0.238. The summed E-state index contributed by atoms with van der Waals surface area (Å²) in [4.78, 5) is 8.89. The van der Waals surface area contributed by atoms with E-state index in [4.69, 9.17) is 0 Å². The number of halogens is 1. The van der Waals surface area contributed by atoms with E-state index in [9.17, 15) is 4.39 Å². The van der Waals surface area contributed by atoms with Gasteiger partial charge >= 0.3 is 0 Å². The fourth-order valence-corrected chi connectivity index (χ4v) is 2.31. The summed E-state index contributed by atoms with van der Waals surface area (Å²) in [6.45, 7) is 2.54. The molecule has 0 radical (unpaired) electrons. The normalized spacial score (nSPS) is 10.6. The van der Waals surface area contributed by atoms with Crippen LogP contribution in [-0.2, 0) is 6.54 Å². The van der Waals surface area contributed by atoms with Crippen molar-refractivity contribution in [3.63, 3.8) is 0 Å². The Morgan fingerprint density at radius 2 is 2.17 bits per heavy atom. The van der Waals surface area contributed by atoms with Gasteiger partial charge in [-0.3, -0.25) is 0 Å². The smallest absolute Gasteiger partial charge is 0.192 e. The van der Waals surface area contributed by atoms with E-state index in [1.165, 1.54) is 17.8 Å². The first-order chi connectivity index (χ1) is 8.69. The summed E-state index contributed by atoms with van der Waals surface area (Å²) in [5.74, 6) is -0.238. The van der Waals surface area contributed by atoms with Gasteiger partial charge in [0.25, 0.3) is 0 Å². The van der Waals surface area contributed by atoms with E-state index in [1.807, 2.05) is 26.1 Å². The highest BCUT2D eigenvalue weighted by molar-refractivity contribution is 7.99. The van der Waals surface area contributed by atoms with Crippen molar-refractivity contribution in [1.82, 2.24) is 15.3 Å². The van der Waals surface area contributed by atoms with Gasteiger partial charge in [-0.05, 0) is 49.5 Å². The second-order valence-electron chi connectivity index (χ2n) is 3.88. The second kappa shape index (κ2) is 5.93. The molecular formula is C13H14FN3S. The zero-order valence-corrected chi connectivity index (χ0v) is 11.1. The molecule has 0 bridgehead atoms. The molecule has 0 amide bonds. The van der Waals surface area contributed by atoms with Crippen LogP contribution in [0.3, 0.4) is 0 Å². The highest BCUT2D eigenvalue weighted by Gasteiger charge is 2.07. The Morgan fingerprint density at radius 1 is 1.33 bits per heavy atom. The number of nitrogens with one attached hydrogen (secondary N) is 1. The summed E-state index contributed by atoms with van der Waals surface area (Å²) in [6.07, 6.45) is 1.68. The zero-order chi connectivity index (χ0) is 13.0. The van der Waals surface area contributed by atoms with E-state index < -0.39 is 0 Å². The third-order valence-corrected chi connectivity index (χ3v) is 3.28. The molecule has 2 rings (SSSR count). The molecule has 5 heteroatoms. The number of hydrogen-bond donors (Lipinski definition) is 1. The van der Waals surface area contributed by atoms with Crippen LogP contribution in [0.4, 0.5) is 4.39 Å². The molecule has 1 N–H and O–H groups in total. The molecule has 0 aliphatic carbocycles. The molecule has 18 heavy (non-hydrogen) atoms. The van der Waals surface area contributed by atoms with Crippen molar-refractivity contribution < 1.29 is 4.39 Å². The maximum Gasteiger partial charge on any atom is 0.192 e. The SMILES string of the molecule is CNCc1ccc(Sc2nccc(C)n2)c(F)c1. The summed E-state index contributed by atoms with van der Waals surface area (Å²) in [7, 11) is 1.83. The average molecular weight is 263 g/mol. The first-order valence-electron chi connectivity index (χ1n) is 5.59. The zero-order valence-electron chi connectivity index (χ0n) is 10.3. The number of nitrogens with zero attached hydrogens (tertiary/aromatic N) is 2. The molecule has 94 valence electrons. The monoisotopic (exact) mass is 263 g/mol. The van der Waals surface area contributed by atoms with E-state index in [0.717, 1.165) is 11.3 Å². The first kappa shape index (κ1) is 13.0. The van der Waals surface area contributed by atoms with Gasteiger partial charge in [-0.15, -0.1) is 0 Å². The molecule has 0 aliphatic rings. The van der Waals surface area contributed by atoms with Crippen LogP contribution in [-0.4, -0.2) is 17.0 Å². The molecule has 0 unspecified atom stereocenters. The number of benzene rings is 1. The Kier molecular flexibility index (Phi) is 4.28. The fraction of sp³-hybridized carbons (Fsp3) is 0.231. The van der Waals surface area contributed by atoms with Gasteiger partial charge in [0.1, 0.15) is 5.82 Å². The predicted octanol–water partition coefficient (Wildman–Crippen LogP) is 2.79. The number of hydrogen-bond acceptors (Lipinski definition) is 4. The van der Waals surface area contributed by atoms with Gasteiger partial charge in [-0.2, -0.15) is 0 Å². The lowest BCUT2D eigenvalue weighted by Gasteiger charge is -2.05. The standard InChI is InChI=1S/C13H14FN3S/c1-9-5-6-16-13(17-9)18-12-4-3-10(8-15-2)7-11(12)14/h3-7,15H,8H2,1-2H3. The summed E-state index contributed by atoms with van der Waals surface area (Å²) < 4.78 is 13.9. The highest BCUT2D eigenvalue weighted by Crippen LogP contribution is 2.27. The lowest BCUT2D eigenvalue weighted by Crippen LogP contribution is -2.05. The molecule has 1 aromatic carbocycles. The first-order valence-corrected chi connectivity index (χ1v) is 6.41. The minimum Gasteiger partial charge on any atom is -0.316 e. The molecular weight excluding hydrogens is 249 g/mol. The van der Waals surface area contributed by atoms with Gasteiger partial charge in [-0.1, -0.05) is 6.07 Å². The summed E-state index contributed by atoms with van der Waals surface area (Å²) >= 11 is 1.24. The van der Waals surface area contributed by atoms with Crippen LogP contribution in [0.1, 0.15) is 11.3 Å². The van der Waals surface area contributed by atoms with Crippen LogP contribution in [0, 0.1) is 12.7 Å². The van der Waals surface area contributed by atoms with E-state index in [2.05, 4.69) is 15.3 Å². The van der Waals surface area contributed by atoms with Crippen LogP contribution in [0.15, 0.2) is 40.5 Å². The number of aromatic nitrogens is 2. The Hall–Kier alpha value is -1.46. The fourth-order valence-electron chi connectivity index (χ4n) is 1.51. The Labute approximate surface area is 110 Å². The third kappa shape index (κ3) is 3.27. The molecule has 0 saturated heterocycles. The molecule has 0 fully saturated rings. The summed E-state index contributed by atoms with van der Waals surface area (Å²) in [6, 6.07) is 7.02. The maximum absolute atomic E-state index is 13.9. The number of aryl methyl sites for hydroxylation is 1. The molecule has 2 aromatic rings. The van der Waals surface area contributed by atoms with Crippen molar-refractivity contribution in [2.24, 2.45) is 0 Å². The Balaban J connectivity index is 2.19. The van der Waals surface area contributed by atoms with E-state index >= 15 is 0 Å². The van der Waals surface area contributed by atoms with Gasteiger partial charge in [0.2, 0.25) is 0 Å². The van der Waals surface area contributed by atoms with E-state index in [-0.39, 0.29) is 5.82 Å². The van der Waals surface area contributed by atoms with Gasteiger partial charge in [-0.25, -0.2) is 14.4 Å².